The van der Waals surface area contributed by atoms with Gasteiger partial charge in [0.05, 0.1) is 6.61 Å². The van der Waals surface area contributed by atoms with Crippen LogP contribution in [0.2, 0.25) is 0 Å². The zero-order valence-corrected chi connectivity index (χ0v) is 23.0. The van der Waals surface area contributed by atoms with Gasteiger partial charge in [0, 0.05) is 24.4 Å². The Morgan fingerprint density at radius 3 is 2.39 bits per heavy atom. The molecule has 2 atom stereocenters. The van der Waals surface area contributed by atoms with E-state index in [9.17, 15) is 0 Å². The molecule has 198 valence electrons. The van der Waals surface area contributed by atoms with Crippen LogP contribution in [0.1, 0.15) is 62.0 Å². The Morgan fingerprint density at radius 1 is 0.842 bits per heavy atom. The third kappa shape index (κ3) is 6.03. The lowest BCUT2D eigenvalue weighted by Gasteiger charge is -2.44. The summed E-state index contributed by atoms with van der Waals surface area (Å²) in [7, 11) is 0. The van der Waals surface area contributed by atoms with Crippen LogP contribution in [0.15, 0.2) is 84.9 Å². The lowest BCUT2D eigenvalue weighted by molar-refractivity contribution is -0.167. The number of aryl methyl sites for hydroxylation is 1. The number of nitrogens with one attached hydrogen (secondary N) is 1. The normalized spacial score (nSPS) is 18.1. The van der Waals surface area contributed by atoms with Crippen LogP contribution in [0.25, 0.3) is 10.8 Å². The summed E-state index contributed by atoms with van der Waals surface area (Å²) in [5.74, 6) is 0.864. The molecule has 2 unspecified atom stereocenters. The molecule has 4 nitrogen and oxygen atoms in total. The molecule has 4 aromatic rings. The number of hydrogen-bond donors (Lipinski definition) is 1. The number of anilines is 1. The minimum atomic E-state index is -0.544. The predicted molar refractivity (Wildman–Crippen MR) is 156 cm³/mol. The van der Waals surface area contributed by atoms with Gasteiger partial charge in [0.1, 0.15) is 23.6 Å². The van der Waals surface area contributed by atoms with Crippen LogP contribution in [-0.2, 0) is 22.6 Å². The molecule has 0 spiro atoms. The van der Waals surface area contributed by atoms with Gasteiger partial charge in [-0.3, -0.25) is 0 Å². The van der Waals surface area contributed by atoms with E-state index in [2.05, 4.69) is 118 Å². The summed E-state index contributed by atoms with van der Waals surface area (Å²) < 4.78 is 19.7. The Bertz CT molecular complexity index is 1360. The molecule has 0 amide bonds. The summed E-state index contributed by atoms with van der Waals surface area (Å²) in [6, 6.07) is 29.9. The van der Waals surface area contributed by atoms with Crippen molar-refractivity contribution in [3.8, 4) is 5.75 Å². The van der Waals surface area contributed by atoms with Crippen molar-refractivity contribution in [3.63, 3.8) is 0 Å². The van der Waals surface area contributed by atoms with Crippen molar-refractivity contribution in [2.45, 2.75) is 71.5 Å². The number of fused-ring (bicyclic) bond motifs is 2. The fourth-order valence-corrected chi connectivity index (χ4v) is 5.09. The minimum absolute atomic E-state index is 0.220. The van der Waals surface area contributed by atoms with E-state index in [1.54, 1.807) is 0 Å². The fourth-order valence-electron chi connectivity index (χ4n) is 5.09. The lowest BCUT2D eigenvalue weighted by Crippen LogP contribution is -2.51. The van der Waals surface area contributed by atoms with Gasteiger partial charge in [-0.25, -0.2) is 0 Å². The first-order valence-electron chi connectivity index (χ1n) is 13.8. The Kier molecular flexibility index (Phi) is 8.01. The molecular weight excluding hydrogens is 470 g/mol. The molecule has 0 saturated carbocycles. The summed E-state index contributed by atoms with van der Waals surface area (Å²) in [4.78, 5) is 0. The van der Waals surface area contributed by atoms with Crippen LogP contribution in [0.4, 0.5) is 5.69 Å². The largest absolute Gasteiger partial charge is 0.485 e. The van der Waals surface area contributed by atoms with E-state index in [1.807, 2.05) is 0 Å². The highest BCUT2D eigenvalue weighted by Crippen LogP contribution is 2.44. The first-order chi connectivity index (χ1) is 18.4. The van der Waals surface area contributed by atoms with E-state index in [0.717, 1.165) is 42.0 Å². The molecule has 38 heavy (non-hydrogen) atoms. The minimum Gasteiger partial charge on any atom is -0.485 e. The van der Waals surface area contributed by atoms with E-state index in [0.29, 0.717) is 13.2 Å². The topological polar surface area (TPSA) is 39.7 Å². The zero-order chi connectivity index (χ0) is 26.5. The van der Waals surface area contributed by atoms with Crippen molar-refractivity contribution >= 4 is 16.5 Å². The van der Waals surface area contributed by atoms with Crippen LogP contribution < -0.4 is 10.1 Å². The second-order valence-electron chi connectivity index (χ2n) is 10.9. The summed E-state index contributed by atoms with van der Waals surface area (Å²) in [6.07, 6.45) is 1.61. The van der Waals surface area contributed by atoms with E-state index in [4.69, 9.17) is 14.2 Å². The smallest absolute Gasteiger partial charge is 0.132 e. The van der Waals surface area contributed by atoms with Crippen LogP contribution in [0, 0.1) is 6.92 Å². The lowest BCUT2D eigenvalue weighted by atomic mass is 9.87. The Hall–Kier alpha value is -3.34. The Balaban J connectivity index is 1.38. The predicted octanol–water partition coefficient (Wildman–Crippen LogP) is 8.37. The maximum absolute atomic E-state index is 6.64. The molecule has 5 rings (SSSR count). The van der Waals surface area contributed by atoms with Crippen LogP contribution in [-0.4, -0.2) is 18.3 Å². The van der Waals surface area contributed by atoms with Crippen molar-refractivity contribution in [1.29, 1.82) is 0 Å². The first-order valence-corrected chi connectivity index (χ1v) is 13.8. The van der Waals surface area contributed by atoms with Crippen LogP contribution in [0.5, 0.6) is 5.75 Å². The molecule has 1 heterocycles. The van der Waals surface area contributed by atoms with Gasteiger partial charge in [-0.05, 0) is 73.4 Å². The van der Waals surface area contributed by atoms with Gasteiger partial charge in [-0.2, -0.15) is 0 Å². The second-order valence-corrected chi connectivity index (χ2v) is 10.9. The maximum atomic E-state index is 6.64. The molecule has 4 aromatic carbocycles. The summed E-state index contributed by atoms with van der Waals surface area (Å²) in [5, 5.41) is 6.03. The van der Waals surface area contributed by atoms with Gasteiger partial charge in [-0.15, -0.1) is 0 Å². The standard InChI is InChI=1S/C34H39NO3/c1-5-6-19-36-32-30-21-29(35-22-25-13-11-24(2)12-14-25)17-18-31(30)38-34(3,4)33(32)37-23-26-15-16-27-9-7-8-10-28(27)20-26/h7-18,20-21,32-33,35H,5-6,19,22-23H2,1-4H3. The molecular formula is C34H39NO3. The van der Waals surface area contributed by atoms with Crippen molar-refractivity contribution < 1.29 is 14.2 Å². The van der Waals surface area contributed by atoms with E-state index in [1.165, 1.54) is 21.9 Å². The molecule has 0 radical (unpaired) electrons. The summed E-state index contributed by atoms with van der Waals surface area (Å²) in [5.41, 5.74) is 5.20. The van der Waals surface area contributed by atoms with Crippen LogP contribution >= 0.6 is 0 Å². The molecule has 0 bridgehead atoms. The third-order valence-corrected chi connectivity index (χ3v) is 7.31. The van der Waals surface area contributed by atoms with Crippen molar-refractivity contribution in [2.75, 3.05) is 11.9 Å². The molecule has 1 aliphatic heterocycles. The highest BCUT2D eigenvalue weighted by Gasteiger charge is 2.45. The highest BCUT2D eigenvalue weighted by molar-refractivity contribution is 5.82. The van der Waals surface area contributed by atoms with Crippen molar-refractivity contribution in [3.05, 3.63) is 107 Å². The molecule has 4 heteroatoms. The number of unbranched alkanes of at least 4 members (excludes halogenated alkanes) is 1. The van der Waals surface area contributed by atoms with Gasteiger partial charge in [0.15, 0.2) is 0 Å². The highest BCUT2D eigenvalue weighted by atomic mass is 16.6. The van der Waals surface area contributed by atoms with Crippen molar-refractivity contribution in [2.24, 2.45) is 0 Å². The third-order valence-electron chi connectivity index (χ3n) is 7.31. The molecule has 1 N–H and O–H groups in total. The second kappa shape index (κ2) is 11.6. The van der Waals surface area contributed by atoms with Crippen molar-refractivity contribution in [1.82, 2.24) is 0 Å². The van der Waals surface area contributed by atoms with Gasteiger partial charge >= 0.3 is 0 Å². The quantitative estimate of drug-likeness (QED) is 0.218. The zero-order valence-electron chi connectivity index (χ0n) is 23.0. The molecule has 0 saturated heterocycles. The molecule has 0 aliphatic carbocycles. The summed E-state index contributed by atoms with van der Waals surface area (Å²) in [6.45, 7) is 10.4. The van der Waals surface area contributed by atoms with Gasteiger partial charge in [0.2, 0.25) is 0 Å². The summed E-state index contributed by atoms with van der Waals surface area (Å²) >= 11 is 0. The number of hydrogen-bond acceptors (Lipinski definition) is 4. The number of benzene rings is 4. The SMILES string of the molecule is CCCCOC1c2cc(NCc3ccc(C)cc3)ccc2OC(C)(C)C1OCc1ccc2ccccc2c1. The van der Waals surface area contributed by atoms with Gasteiger partial charge in [0.25, 0.3) is 0 Å². The van der Waals surface area contributed by atoms with Gasteiger partial charge < -0.3 is 19.5 Å². The van der Waals surface area contributed by atoms with Gasteiger partial charge in [-0.1, -0.05) is 79.6 Å². The monoisotopic (exact) mass is 509 g/mol. The fraction of sp³-hybridized carbons (Fsp3) is 0.353. The van der Waals surface area contributed by atoms with E-state index < -0.39 is 5.60 Å². The maximum Gasteiger partial charge on any atom is 0.132 e. The number of ether oxygens (including phenoxy) is 3. The molecule has 0 aromatic heterocycles. The van der Waals surface area contributed by atoms with E-state index in [-0.39, 0.29) is 12.2 Å². The molecule has 1 aliphatic rings. The van der Waals surface area contributed by atoms with Crippen LogP contribution in [0.3, 0.4) is 0 Å². The van der Waals surface area contributed by atoms with E-state index >= 15 is 0 Å². The number of rotatable bonds is 10. The average molecular weight is 510 g/mol. The average Bonchev–Trinajstić information content (AvgIpc) is 2.92. The molecule has 0 fully saturated rings. The Labute approximate surface area is 226 Å². The Morgan fingerprint density at radius 2 is 1.61 bits per heavy atom. The first kappa shape index (κ1) is 26.3.